The van der Waals surface area contributed by atoms with Gasteiger partial charge in [-0.15, -0.1) is 0 Å². The van der Waals surface area contributed by atoms with Crippen LogP contribution >= 0.6 is 0 Å². The topological polar surface area (TPSA) is 28.7 Å². The van der Waals surface area contributed by atoms with E-state index in [1.54, 1.807) is 19.1 Å². The fraction of sp³-hybridized carbons (Fsp3) is 0.300. The number of imidazole rings is 1. The van der Waals surface area contributed by atoms with E-state index in [0.717, 1.165) is 0 Å². The van der Waals surface area contributed by atoms with Crippen molar-refractivity contribution in [2.24, 2.45) is 0 Å². The smallest absolute Gasteiger partial charge is 0.337 e. The Kier molecular flexibility index (Phi) is 2.36. The van der Waals surface area contributed by atoms with Crippen molar-refractivity contribution in [2.75, 3.05) is 0 Å². The third-order valence-corrected chi connectivity index (χ3v) is 2.30. The molecule has 0 bridgehead atoms. The molecule has 2 rings (SSSR count). The Hall–Kier alpha value is -1.59. The highest BCUT2D eigenvalue weighted by Gasteiger charge is 2.45. The molecule has 0 radical (unpaired) electrons. The molecular formula is C10H8F4N2. The molecule has 6 heteroatoms. The van der Waals surface area contributed by atoms with Gasteiger partial charge in [-0.25, -0.2) is 13.8 Å². The lowest BCUT2D eigenvalue weighted by molar-refractivity contribution is -0.140. The summed E-state index contributed by atoms with van der Waals surface area (Å²) in [5, 5.41) is 0. The minimum Gasteiger partial charge on any atom is -0.337 e. The maximum absolute atomic E-state index is 13.0. The summed E-state index contributed by atoms with van der Waals surface area (Å²) >= 11 is 0. The summed E-state index contributed by atoms with van der Waals surface area (Å²) in [6, 6.07) is 4.83. The van der Waals surface area contributed by atoms with Gasteiger partial charge in [-0.3, -0.25) is 0 Å². The molecule has 1 aromatic heterocycles. The first kappa shape index (κ1) is 10.9. The number of H-pyrrole nitrogens is 1. The molecule has 0 saturated heterocycles. The molecule has 1 aromatic carbocycles. The number of aromatic nitrogens is 2. The number of aromatic amines is 1. The third kappa shape index (κ3) is 1.54. The van der Waals surface area contributed by atoms with Crippen LogP contribution in [0.4, 0.5) is 17.6 Å². The molecule has 0 fully saturated rings. The fourth-order valence-corrected chi connectivity index (χ4v) is 1.44. The summed E-state index contributed by atoms with van der Waals surface area (Å²) in [6.45, 7) is 1.67. The predicted molar refractivity (Wildman–Crippen MR) is 50.7 cm³/mol. The van der Waals surface area contributed by atoms with Crippen LogP contribution in [0, 0.1) is 6.92 Å². The van der Waals surface area contributed by atoms with Gasteiger partial charge in [-0.1, -0.05) is 12.1 Å². The van der Waals surface area contributed by atoms with Gasteiger partial charge in [-0.2, -0.15) is 8.78 Å². The Morgan fingerprint density at radius 3 is 2.56 bits per heavy atom. The quantitative estimate of drug-likeness (QED) is 0.791. The molecule has 1 N–H and O–H groups in total. The summed E-state index contributed by atoms with van der Waals surface area (Å²) in [5.74, 6) is -5.24. The number of rotatable bonds is 2. The van der Waals surface area contributed by atoms with E-state index in [1.165, 1.54) is 6.07 Å². The molecule has 0 aliphatic heterocycles. The van der Waals surface area contributed by atoms with E-state index in [2.05, 4.69) is 9.97 Å². The van der Waals surface area contributed by atoms with Crippen molar-refractivity contribution in [1.82, 2.24) is 9.97 Å². The second-order valence-electron chi connectivity index (χ2n) is 3.48. The van der Waals surface area contributed by atoms with E-state index >= 15 is 0 Å². The summed E-state index contributed by atoms with van der Waals surface area (Å²) < 4.78 is 50.2. The first-order valence-electron chi connectivity index (χ1n) is 4.54. The van der Waals surface area contributed by atoms with Crippen LogP contribution in [-0.2, 0) is 5.92 Å². The molecule has 86 valence electrons. The standard InChI is InChI=1S/C10H8F4N2/c1-5-3-2-4-6-7(5)16-9(15-6)10(13,14)8(11)12/h2-4,8H,1H3,(H,15,16). The molecule has 2 nitrogen and oxygen atoms in total. The minimum atomic E-state index is -4.24. The van der Waals surface area contributed by atoms with Crippen LogP contribution in [0.3, 0.4) is 0 Å². The summed E-state index contributed by atoms with van der Waals surface area (Å²) in [4.78, 5) is 5.74. The Bertz CT molecular complexity index is 519. The first-order chi connectivity index (χ1) is 7.43. The van der Waals surface area contributed by atoms with Crippen molar-refractivity contribution >= 4 is 11.0 Å². The number of benzene rings is 1. The monoisotopic (exact) mass is 232 g/mol. The zero-order valence-corrected chi connectivity index (χ0v) is 8.27. The van der Waals surface area contributed by atoms with E-state index in [1.807, 2.05) is 0 Å². The van der Waals surface area contributed by atoms with Gasteiger partial charge in [0.1, 0.15) is 0 Å². The van der Waals surface area contributed by atoms with Crippen LogP contribution in [0.5, 0.6) is 0 Å². The van der Waals surface area contributed by atoms with E-state index in [4.69, 9.17) is 0 Å². The van der Waals surface area contributed by atoms with Crippen LogP contribution in [0.1, 0.15) is 11.4 Å². The van der Waals surface area contributed by atoms with Crippen molar-refractivity contribution < 1.29 is 17.6 Å². The Labute approximate surface area is 88.3 Å². The second kappa shape index (κ2) is 3.47. The van der Waals surface area contributed by atoms with Crippen molar-refractivity contribution in [3.63, 3.8) is 0 Å². The molecule has 0 spiro atoms. The second-order valence-corrected chi connectivity index (χ2v) is 3.48. The summed E-state index contributed by atoms with van der Waals surface area (Å²) in [7, 11) is 0. The van der Waals surface area contributed by atoms with E-state index in [-0.39, 0.29) is 5.52 Å². The lowest BCUT2D eigenvalue weighted by Crippen LogP contribution is -2.25. The molecular weight excluding hydrogens is 224 g/mol. The summed E-state index contributed by atoms with van der Waals surface area (Å²) in [6.07, 6.45) is -3.77. The Morgan fingerprint density at radius 1 is 1.31 bits per heavy atom. The average molecular weight is 232 g/mol. The zero-order valence-electron chi connectivity index (χ0n) is 8.27. The van der Waals surface area contributed by atoms with Gasteiger partial charge in [0.05, 0.1) is 11.0 Å². The number of hydrogen-bond acceptors (Lipinski definition) is 1. The van der Waals surface area contributed by atoms with Crippen LogP contribution in [0.2, 0.25) is 0 Å². The minimum absolute atomic E-state index is 0.290. The highest BCUT2D eigenvalue weighted by Crippen LogP contribution is 2.33. The maximum Gasteiger partial charge on any atom is 0.363 e. The van der Waals surface area contributed by atoms with E-state index < -0.39 is 18.2 Å². The SMILES string of the molecule is Cc1cccc2[nH]c(C(F)(F)C(F)F)nc12. The number of halogens is 4. The van der Waals surface area contributed by atoms with Gasteiger partial charge in [0.15, 0.2) is 5.82 Å². The van der Waals surface area contributed by atoms with Gasteiger partial charge in [-0.05, 0) is 18.6 Å². The lowest BCUT2D eigenvalue weighted by Gasteiger charge is -2.11. The number of alkyl halides is 4. The molecule has 1 heterocycles. The van der Waals surface area contributed by atoms with Crippen LogP contribution in [-0.4, -0.2) is 16.4 Å². The summed E-state index contributed by atoms with van der Waals surface area (Å²) in [5.41, 5.74) is 1.28. The highest BCUT2D eigenvalue weighted by atomic mass is 19.3. The van der Waals surface area contributed by atoms with Crippen molar-refractivity contribution in [2.45, 2.75) is 19.3 Å². The van der Waals surface area contributed by atoms with Gasteiger partial charge >= 0.3 is 12.3 Å². The van der Waals surface area contributed by atoms with E-state index in [0.29, 0.717) is 11.1 Å². The number of nitrogens with one attached hydrogen (secondary N) is 1. The van der Waals surface area contributed by atoms with Gasteiger partial charge < -0.3 is 4.98 Å². The molecule has 0 aliphatic rings. The predicted octanol–water partition coefficient (Wildman–Crippen LogP) is 3.23. The van der Waals surface area contributed by atoms with Crippen molar-refractivity contribution in [3.8, 4) is 0 Å². The third-order valence-electron chi connectivity index (χ3n) is 2.30. The number of fused-ring (bicyclic) bond motifs is 1. The highest BCUT2D eigenvalue weighted by molar-refractivity contribution is 5.78. The number of para-hydroxylation sites is 1. The largest absolute Gasteiger partial charge is 0.363 e. The van der Waals surface area contributed by atoms with Crippen LogP contribution in [0.25, 0.3) is 11.0 Å². The van der Waals surface area contributed by atoms with Gasteiger partial charge in [0.2, 0.25) is 0 Å². The zero-order chi connectivity index (χ0) is 11.9. The van der Waals surface area contributed by atoms with Crippen molar-refractivity contribution in [3.05, 3.63) is 29.6 Å². The number of hydrogen-bond donors (Lipinski definition) is 1. The number of nitrogens with zero attached hydrogens (tertiary/aromatic N) is 1. The van der Waals surface area contributed by atoms with Crippen LogP contribution in [0.15, 0.2) is 18.2 Å². The van der Waals surface area contributed by atoms with Gasteiger partial charge in [0.25, 0.3) is 0 Å². The lowest BCUT2D eigenvalue weighted by atomic mass is 10.2. The maximum atomic E-state index is 13.0. The van der Waals surface area contributed by atoms with Gasteiger partial charge in [0, 0.05) is 0 Å². The number of aryl methyl sites for hydroxylation is 1. The average Bonchev–Trinajstić information content (AvgIpc) is 2.63. The molecule has 0 amide bonds. The normalized spacial score (nSPS) is 12.6. The van der Waals surface area contributed by atoms with Crippen molar-refractivity contribution in [1.29, 1.82) is 0 Å². The molecule has 0 saturated carbocycles. The molecule has 0 unspecified atom stereocenters. The Morgan fingerprint density at radius 2 is 2.00 bits per heavy atom. The molecule has 0 aliphatic carbocycles. The van der Waals surface area contributed by atoms with E-state index in [9.17, 15) is 17.6 Å². The molecule has 2 aromatic rings. The fourth-order valence-electron chi connectivity index (χ4n) is 1.44. The van der Waals surface area contributed by atoms with Crippen LogP contribution < -0.4 is 0 Å². The molecule has 0 atom stereocenters. The first-order valence-corrected chi connectivity index (χ1v) is 4.54. The Balaban J connectivity index is 2.60. The molecule has 16 heavy (non-hydrogen) atoms.